The van der Waals surface area contributed by atoms with Crippen molar-refractivity contribution in [3.63, 3.8) is 0 Å². The minimum absolute atomic E-state index is 0.109. The Morgan fingerprint density at radius 1 is 1.20 bits per heavy atom. The number of hydrogen-bond acceptors (Lipinski definition) is 3. The summed E-state index contributed by atoms with van der Waals surface area (Å²) in [6, 6.07) is 0. The second-order valence-corrected chi connectivity index (χ2v) is 7.66. The highest BCUT2D eigenvalue weighted by Crippen LogP contribution is 2.41. The van der Waals surface area contributed by atoms with Crippen LogP contribution in [0.2, 0.25) is 0 Å². The second-order valence-electron chi connectivity index (χ2n) is 6.26. The molecule has 2 fully saturated rings. The molecule has 0 aromatic heterocycles. The molecular weight excluding hydrogens is 272 g/mol. The SMILES string of the molecule is CCCCCCC1COC(C2CCC(C(=O)O)CC2)S1. The molecule has 0 aromatic carbocycles. The molecule has 2 unspecified atom stereocenters. The molecule has 2 aliphatic rings. The van der Waals surface area contributed by atoms with Crippen molar-refractivity contribution in [2.45, 2.75) is 75.4 Å². The van der Waals surface area contributed by atoms with Gasteiger partial charge in [0.2, 0.25) is 0 Å². The Labute approximate surface area is 126 Å². The number of hydrogen-bond donors (Lipinski definition) is 1. The van der Waals surface area contributed by atoms with Gasteiger partial charge >= 0.3 is 5.97 Å². The van der Waals surface area contributed by atoms with Crippen LogP contribution in [-0.4, -0.2) is 28.4 Å². The Bertz CT molecular complexity index is 300. The Hall–Kier alpha value is -0.220. The van der Waals surface area contributed by atoms with Crippen molar-refractivity contribution in [2.24, 2.45) is 11.8 Å². The summed E-state index contributed by atoms with van der Waals surface area (Å²) in [6.07, 6.45) is 10.3. The van der Waals surface area contributed by atoms with Gasteiger partial charge in [-0.3, -0.25) is 4.79 Å². The third kappa shape index (κ3) is 4.66. The smallest absolute Gasteiger partial charge is 0.306 e. The Balaban J connectivity index is 1.64. The Morgan fingerprint density at radius 3 is 2.60 bits per heavy atom. The van der Waals surface area contributed by atoms with E-state index < -0.39 is 5.97 Å². The van der Waals surface area contributed by atoms with E-state index in [1.165, 1.54) is 32.1 Å². The molecule has 1 heterocycles. The summed E-state index contributed by atoms with van der Waals surface area (Å²) in [5, 5.41) is 9.71. The van der Waals surface area contributed by atoms with Crippen molar-refractivity contribution in [2.75, 3.05) is 6.61 Å². The van der Waals surface area contributed by atoms with Crippen LogP contribution < -0.4 is 0 Å². The van der Waals surface area contributed by atoms with E-state index in [1.54, 1.807) is 0 Å². The number of thioether (sulfide) groups is 1. The topological polar surface area (TPSA) is 46.5 Å². The highest BCUT2D eigenvalue weighted by atomic mass is 32.2. The van der Waals surface area contributed by atoms with Gasteiger partial charge in [0.1, 0.15) is 5.44 Å². The maximum absolute atomic E-state index is 11.0. The van der Waals surface area contributed by atoms with Crippen LogP contribution in [0.3, 0.4) is 0 Å². The molecule has 2 atom stereocenters. The van der Waals surface area contributed by atoms with Gasteiger partial charge in [0.25, 0.3) is 0 Å². The molecule has 1 saturated heterocycles. The molecule has 0 bridgehead atoms. The first kappa shape index (κ1) is 16.2. The predicted molar refractivity (Wildman–Crippen MR) is 83.0 cm³/mol. The fourth-order valence-electron chi connectivity index (χ4n) is 3.31. The largest absolute Gasteiger partial charge is 0.481 e. The number of carboxylic acid groups (broad SMARTS) is 1. The van der Waals surface area contributed by atoms with Crippen LogP contribution in [0.25, 0.3) is 0 Å². The minimum Gasteiger partial charge on any atom is -0.481 e. The highest BCUT2D eigenvalue weighted by Gasteiger charge is 2.35. The average molecular weight is 300 g/mol. The van der Waals surface area contributed by atoms with Gasteiger partial charge in [-0.15, -0.1) is 11.8 Å². The third-order valence-corrected chi connectivity index (χ3v) is 6.20. The molecule has 1 aliphatic heterocycles. The number of rotatable bonds is 7. The lowest BCUT2D eigenvalue weighted by Gasteiger charge is -2.29. The van der Waals surface area contributed by atoms with E-state index in [2.05, 4.69) is 6.92 Å². The van der Waals surface area contributed by atoms with Crippen molar-refractivity contribution >= 4 is 17.7 Å². The zero-order valence-corrected chi connectivity index (χ0v) is 13.4. The Morgan fingerprint density at radius 2 is 1.95 bits per heavy atom. The summed E-state index contributed by atoms with van der Waals surface area (Å²) >= 11 is 2.02. The first-order valence-electron chi connectivity index (χ1n) is 8.20. The standard InChI is InChI=1S/C16H28O3S/c1-2-3-4-5-6-14-11-19-16(20-14)13-9-7-12(8-10-13)15(17)18/h12-14,16H,2-11H2,1H3,(H,17,18). The van der Waals surface area contributed by atoms with Crippen LogP contribution in [0.5, 0.6) is 0 Å². The number of carbonyl (C=O) groups is 1. The number of ether oxygens (including phenoxy) is 1. The monoisotopic (exact) mass is 300 g/mol. The van der Waals surface area contributed by atoms with Gasteiger partial charge in [0, 0.05) is 5.25 Å². The van der Waals surface area contributed by atoms with Crippen LogP contribution in [0.15, 0.2) is 0 Å². The summed E-state index contributed by atoms with van der Waals surface area (Å²) in [4.78, 5) is 11.0. The number of unbranched alkanes of at least 4 members (excludes halogenated alkanes) is 3. The molecule has 1 aliphatic carbocycles. The molecule has 0 aromatic rings. The average Bonchev–Trinajstić information content (AvgIpc) is 2.92. The maximum atomic E-state index is 11.0. The summed E-state index contributed by atoms with van der Waals surface area (Å²) in [5.74, 6) is -0.143. The zero-order chi connectivity index (χ0) is 14.4. The number of aliphatic carboxylic acids is 1. The fourth-order valence-corrected chi connectivity index (χ4v) is 4.80. The first-order valence-corrected chi connectivity index (χ1v) is 9.14. The lowest BCUT2D eigenvalue weighted by atomic mass is 9.82. The van der Waals surface area contributed by atoms with Crippen molar-refractivity contribution in [3.05, 3.63) is 0 Å². The second kappa shape index (κ2) is 8.28. The molecule has 4 heteroatoms. The van der Waals surface area contributed by atoms with Crippen LogP contribution >= 0.6 is 11.8 Å². The van der Waals surface area contributed by atoms with Gasteiger partial charge in [0.15, 0.2) is 0 Å². The fraction of sp³-hybridized carbons (Fsp3) is 0.938. The summed E-state index contributed by atoms with van der Waals surface area (Å²) in [5.41, 5.74) is 0.334. The van der Waals surface area contributed by atoms with Crippen molar-refractivity contribution in [1.29, 1.82) is 0 Å². The van der Waals surface area contributed by atoms with Crippen LogP contribution in [0.1, 0.15) is 64.7 Å². The molecule has 0 spiro atoms. The third-order valence-electron chi connectivity index (χ3n) is 4.66. The van der Waals surface area contributed by atoms with Crippen molar-refractivity contribution < 1.29 is 14.6 Å². The molecule has 116 valence electrons. The maximum Gasteiger partial charge on any atom is 0.306 e. The normalized spacial score (nSPS) is 34.2. The van der Waals surface area contributed by atoms with E-state index in [0.717, 1.165) is 32.3 Å². The lowest BCUT2D eigenvalue weighted by molar-refractivity contribution is -0.143. The molecular formula is C16H28O3S. The number of carboxylic acids is 1. The highest BCUT2D eigenvalue weighted by molar-refractivity contribution is 8.00. The quantitative estimate of drug-likeness (QED) is 0.712. The molecule has 0 amide bonds. The van der Waals surface area contributed by atoms with E-state index in [4.69, 9.17) is 9.84 Å². The van der Waals surface area contributed by atoms with E-state index in [-0.39, 0.29) is 5.92 Å². The molecule has 3 nitrogen and oxygen atoms in total. The van der Waals surface area contributed by atoms with Crippen LogP contribution in [0.4, 0.5) is 0 Å². The minimum atomic E-state index is -0.614. The van der Waals surface area contributed by atoms with Gasteiger partial charge in [0.05, 0.1) is 12.5 Å². The van der Waals surface area contributed by atoms with E-state index >= 15 is 0 Å². The van der Waals surface area contributed by atoms with Crippen molar-refractivity contribution in [1.82, 2.24) is 0 Å². The van der Waals surface area contributed by atoms with E-state index in [9.17, 15) is 4.79 Å². The van der Waals surface area contributed by atoms with Gasteiger partial charge in [-0.25, -0.2) is 0 Å². The Kier molecular flexibility index (Phi) is 6.69. The lowest BCUT2D eigenvalue weighted by Crippen LogP contribution is -2.26. The van der Waals surface area contributed by atoms with Gasteiger partial charge in [-0.2, -0.15) is 0 Å². The van der Waals surface area contributed by atoms with Crippen molar-refractivity contribution in [3.8, 4) is 0 Å². The van der Waals surface area contributed by atoms with E-state index in [1.807, 2.05) is 11.8 Å². The first-order chi connectivity index (χ1) is 9.70. The summed E-state index contributed by atoms with van der Waals surface area (Å²) in [6.45, 7) is 3.15. The van der Waals surface area contributed by atoms with Gasteiger partial charge in [-0.05, 0) is 38.0 Å². The summed E-state index contributed by atoms with van der Waals surface area (Å²) in [7, 11) is 0. The predicted octanol–water partition coefficient (Wildman–Crippen LogP) is 4.31. The van der Waals surface area contributed by atoms with Crippen LogP contribution in [0, 0.1) is 11.8 Å². The van der Waals surface area contributed by atoms with Gasteiger partial charge in [-0.1, -0.05) is 32.6 Å². The molecule has 20 heavy (non-hydrogen) atoms. The molecule has 1 saturated carbocycles. The van der Waals surface area contributed by atoms with Crippen LogP contribution in [-0.2, 0) is 9.53 Å². The molecule has 2 rings (SSSR count). The van der Waals surface area contributed by atoms with E-state index in [0.29, 0.717) is 16.6 Å². The molecule has 1 N–H and O–H groups in total. The van der Waals surface area contributed by atoms with Gasteiger partial charge < -0.3 is 9.84 Å². The zero-order valence-electron chi connectivity index (χ0n) is 12.6. The molecule has 0 radical (unpaired) electrons. The summed E-state index contributed by atoms with van der Waals surface area (Å²) < 4.78 is 5.97.